The van der Waals surface area contributed by atoms with Gasteiger partial charge in [-0.1, -0.05) is 18.2 Å². The lowest BCUT2D eigenvalue weighted by Crippen LogP contribution is -2.45. The number of likely N-dealkylation sites (tertiary alicyclic amines) is 1. The lowest BCUT2D eigenvalue weighted by atomic mass is 9.88. The molecule has 0 saturated carbocycles. The Morgan fingerprint density at radius 3 is 2.57 bits per heavy atom. The topological polar surface area (TPSA) is 29.5 Å². The van der Waals surface area contributed by atoms with Crippen LogP contribution in [0.2, 0.25) is 0 Å². The first-order valence-electron chi connectivity index (χ1n) is 8.22. The number of piperidine rings is 1. The number of carbonyl (C=O) groups is 1. The lowest BCUT2D eigenvalue weighted by Gasteiger charge is -2.44. The Kier molecular flexibility index (Phi) is 4.21. The van der Waals surface area contributed by atoms with Crippen LogP contribution < -0.4 is 0 Å². The molecule has 2 aliphatic rings. The van der Waals surface area contributed by atoms with Crippen LogP contribution >= 0.6 is 11.8 Å². The molecule has 2 heterocycles. The van der Waals surface area contributed by atoms with Gasteiger partial charge in [-0.2, -0.15) is 0 Å². The number of ether oxygens (including phenoxy) is 1. The van der Waals surface area contributed by atoms with Crippen molar-refractivity contribution in [2.75, 3.05) is 13.1 Å². The SMILES string of the molecule is C=C(OC(C)(C)C)N1CCC2(CC1)CC(=O)c1ccccc1S2. The normalized spacial score (nSPS) is 20.3. The summed E-state index contributed by atoms with van der Waals surface area (Å²) < 4.78 is 5.93. The second-order valence-electron chi connectivity index (χ2n) is 7.48. The van der Waals surface area contributed by atoms with E-state index in [9.17, 15) is 4.79 Å². The van der Waals surface area contributed by atoms with Gasteiger partial charge in [-0.15, -0.1) is 11.8 Å². The van der Waals surface area contributed by atoms with Crippen molar-refractivity contribution >= 4 is 17.5 Å². The van der Waals surface area contributed by atoms with Gasteiger partial charge < -0.3 is 9.64 Å². The number of Topliss-reactive ketones (excluding diaryl/α,β-unsaturated/α-hetero) is 1. The molecular weight excluding hydrogens is 306 g/mol. The van der Waals surface area contributed by atoms with Gasteiger partial charge in [0.05, 0.1) is 0 Å². The molecule has 0 aromatic heterocycles. The van der Waals surface area contributed by atoms with E-state index in [1.165, 1.54) is 0 Å². The summed E-state index contributed by atoms with van der Waals surface area (Å²) in [5, 5.41) is 0. The van der Waals surface area contributed by atoms with Crippen LogP contribution in [0.5, 0.6) is 0 Å². The zero-order chi connectivity index (χ0) is 16.7. The maximum absolute atomic E-state index is 12.5. The number of fused-ring (bicyclic) bond motifs is 1. The number of nitrogens with zero attached hydrogens (tertiary/aromatic N) is 1. The van der Waals surface area contributed by atoms with Crippen molar-refractivity contribution in [3.63, 3.8) is 0 Å². The third kappa shape index (κ3) is 3.57. The van der Waals surface area contributed by atoms with Crippen molar-refractivity contribution in [3.8, 4) is 0 Å². The van der Waals surface area contributed by atoms with Gasteiger partial charge in [0.25, 0.3) is 0 Å². The van der Waals surface area contributed by atoms with Crippen molar-refractivity contribution in [1.82, 2.24) is 4.90 Å². The Morgan fingerprint density at radius 2 is 1.91 bits per heavy atom. The fourth-order valence-electron chi connectivity index (χ4n) is 3.30. The van der Waals surface area contributed by atoms with Gasteiger partial charge >= 0.3 is 0 Å². The molecule has 3 nitrogen and oxygen atoms in total. The summed E-state index contributed by atoms with van der Waals surface area (Å²) in [5.74, 6) is 1.04. The number of benzene rings is 1. The van der Waals surface area contributed by atoms with Gasteiger partial charge in [0.15, 0.2) is 11.7 Å². The average molecular weight is 331 g/mol. The predicted molar refractivity (Wildman–Crippen MR) is 94.8 cm³/mol. The van der Waals surface area contributed by atoms with Crippen molar-refractivity contribution in [3.05, 3.63) is 42.3 Å². The van der Waals surface area contributed by atoms with Crippen molar-refractivity contribution in [1.29, 1.82) is 0 Å². The summed E-state index contributed by atoms with van der Waals surface area (Å²) in [6, 6.07) is 8.00. The molecule has 0 aliphatic carbocycles. The molecule has 124 valence electrons. The van der Waals surface area contributed by atoms with E-state index in [0.29, 0.717) is 6.42 Å². The zero-order valence-electron chi connectivity index (χ0n) is 14.2. The number of ketones is 1. The Balaban J connectivity index is 1.67. The van der Waals surface area contributed by atoms with Gasteiger partial charge in [0, 0.05) is 34.7 Å². The fraction of sp³-hybridized carbons (Fsp3) is 0.526. The van der Waals surface area contributed by atoms with Gasteiger partial charge in [-0.25, -0.2) is 0 Å². The van der Waals surface area contributed by atoms with E-state index in [2.05, 4.69) is 17.5 Å². The maximum atomic E-state index is 12.5. The summed E-state index contributed by atoms with van der Waals surface area (Å²) in [5.41, 5.74) is 0.673. The Hall–Kier alpha value is -1.42. The molecular formula is C19H25NO2S. The van der Waals surface area contributed by atoms with E-state index in [1.807, 2.05) is 50.7 Å². The lowest BCUT2D eigenvalue weighted by molar-refractivity contribution is -0.00397. The van der Waals surface area contributed by atoms with Crippen molar-refractivity contribution in [2.45, 2.75) is 55.3 Å². The van der Waals surface area contributed by atoms with Gasteiger partial charge in [0.1, 0.15) is 5.60 Å². The van der Waals surface area contributed by atoms with Crippen LogP contribution in [-0.4, -0.2) is 34.1 Å². The summed E-state index contributed by atoms with van der Waals surface area (Å²) in [4.78, 5) is 15.8. The summed E-state index contributed by atoms with van der Waals surface area (Å²) >= 11 is 1.89. The van der Waals surface area contributed by atoms with Crippen LogP contribution in [-0.2, 0) is 4.74 Å². The first-order chi connectivity index (χ1) is 10.8. The largest absolute Gasteiger partial charge is 0.474 e. The van der Waals surface area contributed by atoms with E-state index < -0.39 is 0 Å². The molecule has 0 bridgehead atoms. The van der Waals surface area contributed by atoms with E-state index >= 15 is 0 Å². The smallest absolute Gasteiger partial charge is 0.182 e. The van der Waals surface area contributed by atoms with Gasteiger partial charge in [-0.05, 0) is 46.3 Å². The molecule has 2 aliphatic heterocycles. The molecule has 1 saturated heterocycles. The zero-order valence-corrected chi connectivity index (χ0v) is 15.0. The molecule has 0 amide bonds. The van der Waals surface area contributed by atoms with E-state index in [1.54, 1.807) is 0 Å². The van der Waals surface area contributed by atoms with Crippen LogP contribution in [0.4, 0.5) is 0 Å². The van der Waals surface area contributed by atoms with Crippen molar-refractivity contribution in [2.24, 2.45) is 0 Å². The van der Waals surface area contributed by atoms with Crippen LogP contribution in [0.25, 0.3) is 0 Å². The highest BCUT2D eigenvalue weighted by atomic mass is 32.2. The number of rotatable bonds is 2. The van der Waals surface area contributed by atoms with E-state index in [-0.39, 0.29) is 16.1 Å². The van der Waals surface area contributed by atoms with E-state index in [4.69, 9.17) is 4.74 Å². The van der Waals surface area contributed by atoms with Crippen LogP contribution in [0.3, 0.4) is 0 Å². The minimum absolute atomic E-state index is 0.0456. The number of thioether (sulfide) groups is 1. The highest BCUT2D eigenvalue weighted by Crippen LogP contribution is 2.49. The van der Waals surface area contributed by atoms with Crippen LogP contribution in [0, 0.1) is 0 Å². The molecule has 1 aromatic carbocycles. The molecule has 0 atom stereocenters. The molecule has 0 radical (unpaired) electrons. The Morgan fingerprint density at radius 1 is 1.26 bits per heavy atom. The Bertz CT molecular complexity index is 625. The molecule has 1 fully saturated rings. The average Bonchev–Trinajstić information content (AvgIpc) is 2.46. The number of carbonyl (C=O) groups excluding carboxylic acids is 1. The molecule has 0 unspecified atom stereocenters. The fourth-order valence-corrected chi connectivity index (χ4v) is 4.80. The molecule has 3 rings (SSSR count). The van der Waals surface area contributed by atoms with Gasteiger partial charge in [-0.3, -0.25) is 4.79 Å². The maximum Gasteiger partial charge on any atom is 0.182 e. The third-order valence-electron chi connectivity index (χ3n) is 4.45. The Labute approximate surface area is 143 Å². The van der Waals surface area contributed by atoms with Crippen molar-refractivity contribution < 1.29 is 9.53 Å². The standard InChI is InChI=1S/C19H25NO2S/c1-14(22-18(2,3)4)20-11-9-19(10-12-20)13-16(21)15-7-5-6-8-17(15)23-19/h5-8H,1,9-13H2,2-4H3. The number of hydrogen-bond acceptors (Lipinski definition) is 4. The van der Waals surface area contributed by atoms with Crippen LogP contribution in [0.1, 0.15) is 50.4 Å². The molecule has 4 heteroatoms. The highest BCUT2D eigenvalue weighted by molar-refractivity contribution is 8.01. The molecule has 23 heavy (non-hydrogen) atoms. The summed E-state index contributed by atoms with van der Waals surface area (Å²) in [6.45, 7) is 12.0. The first-order valence-corrected chi connectivity index (χ1v) is 9.04. The second kappa shape index (κ2) is 5.90. The highest BCUT2D eigenvalue weighted by Gasteiger charge is 2.42. The van der Waals surface area contributed by atoms with Gasteiger partial charge in [0.2, 0.25) is 0 Å². The molecule has 1 aromatic rings. The predicted octanol–water partition coefficient (Wildman–Crippen LogP) is 4.49. The minimum atomic E-state index is -0.222. The molecule has 1 spiro atoms. The molecule has 0 N–H and O–H groups in total. The van der Waals surface area contributed by atoms with Crippen LogP contribution in [0.15, 0.2) is 41.6 Å². The third-order valence-corrected chi connectivity index (χ3v) is 6.01. The number of hydrogen-bond donors (Lipinski definition) is 0. The summed E-state index contributed by atoms with van der Waals surface area (Å²) in [6.07, 6.45) is 2.63. The quantitative estimate of drug-likeness (QED) is 0.747. The second-order valence-corrected chi connectivity index (χ2v) is 8.99. The summed E-state index contributed by atoms with van der Waals surface area (Å²) in [7, 11) is 0. The first kappa shape index (κ1) is 16.4. The van der Waals surface area contributed by atoms with E-state index in [0.717, 1.165) is 42.3 Å². The monoisotopic (exact) mass is 331 g/mol. The minimum Gasteiger partial charge on any atom is -0.474 e.